The molecule has 2 aromatic carbocycles. The van der Waals surface area contributed by atoms with E-state index >= 15 is 13.2 Å². The maximum Gasteiger partial charge on any atom is 0.268 e. The van der Waals surface area contributed by atoms with Gasteiger partial charge in [0.25, 0.3) is 6.43 Å². The molecule has 6 rings (SSSR count). The summed E-state index contributed by atoms with van der Waals surface area (Å²) in [6.45, 7) is 11.3. The van der Waals surface area contributed by atoms with Crippen LogP contribution in [0.5, 0.6) is 5.75 Å². The van der Waals surface area contributed by atoms with E-state index in [1.807, 2.05) is 4.90 Å². The molecule has 0 amide bonds. The zero-order valence-electron chi connectivity index (χ0n) is 26.9. The fraction of sp³-hybridized carbons (Fsp3) is 0.500. The molecule has 4 aromatic rings. The lowest BCUT2D eigenvalue weighted by Crippen LogP contribution is -2.60. The van der Waals surface area contributed by atoms with Crippen molar-refractivity contribution in [3.05, 3.63) is 47.7 Å². The summed E-state index contributed by atoms with van der Waals surface area (Å²) in [5, 5.41) is 10.7. The molecule has 1 unspecified atom stereocenters. The molecule has 2 saturated heterocycles. The molecule has 4 heterocycles. The summed E-state index contributed by atoms with van der Waals surface area (Å²) in [5.74, 6) is -1.89. The Bertz CT molecular complexity index is 1750. The van der Waals surface area contributed by atoms with Gasteiger partial charge in [0.2, 0.25) is 5.95 Å². The van der Waals surface area contributed by atoms with Gasteiger partial charge in [-0.05, 0) is 49.5 Å². The second-order valence-electron chi connectivity index (χ2n) is 12.3. The molecule has 13 heteroatoms. The highest BCUT2D eigenvalue weighted by molar-refractivity contribution is 6.02. The van der Waals surface area contributed by atoms with E-state index in [9.17, 15) is 13.9 Å². The van der Waals surface area contributed by atoms with Gasteiger partial charge in [-0.2, -0.15) is 4.98 Å². The van der Waals surface area contributed by atoms with Crippen LogP contribution < -0.4 is 9.80 Å². The highest BCUT2D eigenvalue weighted by Gasteiger charge is 2.35. The van der Waals surface area contributed by atoms with E-state index in [1.165, 1.54) is 18.3 Å². The average molecular weight is 658 g/mol. The summed E-state index contributed by atoms with van der Waals surface area (Å²) in [6.07, 6.45) is -0.424. The standard InChI is InChI=1S/C34H40F5N7O/c1-4-21-17-45(13-12-44(21)11-7-10-35)33-25-16-40-30(24-15-23(47)14-20-8-9-26(36)29(37)27(20)24)28(32(38)39)31(25)41-34(42-33)46-18-22(19-46)43(5-2)6-3/h8-9,14-16,21-22,32,47H,4-7,10-13,17-19H2,1-3H3. The molecule has 2 fully saturated rings. The van der Waals surface area contributed by atoms with E-state index in [0.29, 0.717) is 62.8 Å². The number of likely N-dealkylation sites (N-methyl/N-ethyl adjacent to an activating group) is 1. The van der Waals surface area contributed by atoms with Crippen molar-refractivity contribution < 1.29 is 27.1 Å². The number of phenols is 1. The summed E-state index contributed by atoms with van der Waals surface area (Å²) in [6, 6.07) is 4.96. The zero-order valence-corrected chi connectivity index (χ0v) is 26.9. The van der Waals surface area contributed by atoms with Crippen LogP contribution in [-0.2, 0) is 0 Å². The van der Waals surface area contributed by atoms with Gasteiger partial charge in [-0.25, -0.2) is 22.5 Å². The molecule has 1 N–H and O–H groups in total. The lowest BCUT2D eigenvalue weighted by atomic mass is 9.96. The monoisotopic (exact) mass is 657 g/mol. The van der Waals surface area contributed by atoms with Crippen molar-refractivity contribution >= 4 is 33.4 Å². The van der Waals surface area contributed by atoms with E-state index in [2.05, 4.69) is 40.5 Å². The van der Waals surface area contributed by atoms with E-state index in [0.717, 1.165) is 31.6 Å². The van der Waals surface area contributed by atoms with Crippen molar-refractivity contribution in [2.75, 3.05) is 68.8 Å². The van der Waals surface area contributed by atoms with Crippen molar-refractivity contribution in [2.45, 2.75) is 52.1 Å². The molecule has 8 nitrogen and oxygen atoms in total. The van der Waals surface area contributed by atoms with Crippen LogP contribution in [0.4, 0.5) is 33.7 Å². The van der Waals surface area contributed by atoms with Crippen LogP contribution in [0.3, 0.4) is 0 Å². The molecule has 47 heavy (non-hydrogen) atoms. The van der Waals surface area contributed by atoms with Gasteiger partial charge in [-0.15, -0.1) is 0 Å². The van der Waals surface area contributed by atoms with E-state index in [-0.39, 0.29) is 45.4 Å². The van der Waals surface area contributed by atoms with Crippen LogP contribution in [0.2, 0.25) is 0 Å². The Labute approximate surface area is 270 Å². The zero-order chi connectivity index (χ0) is 33.4. The molecule has 2 aliphatic rings. The minimum absolute atomic E-state index is 0.0301. The van der Waals surface area contributed by atoms with Gasteiger partial charge < -0.3 is 14.9 Å². The first-order chi connectivity index (χ1) is 22.7. The summed E-state index contributed by atoms with van der Waals surface area (Å²) >= 11 is 0. The number of fused-ring (bicyclic) bond motifs is 2. The number of pyridine rings is 1. The fourth-order valence-electron chi connectivity index (χ4n) is 7.07. The Kier molecular flexibility index (Phi) is 9.65. The predicted molar refractivity (Wildman–Crippen MR) is 174 cm³/mol. The number of nitrogens with zero attached hydrogens (tertiary/aromatic N) is 7. The van der Waals surface area contributed by atoms with E-state index < -0.39 is 30.3 Å². The molecule has 0 radical (unpaired) electrons. The van der Waals surface area contributed by atoms with Gasteiger partial charge >= 0.3 is 0 Å². The third kappa shape index (κ3) is 6.15. The lowest BCUT2D eigenvalue weighted by Gasteiger charge is -2.45. The number of hydrogen-bond acceptors (Lipinski definition) is 8. The molecule has 2 aliphatic heterocycles. The number of alkyl halides is 3. The molecule has 0 saturated carbocycles. The van der Waals surface area contributed by atoms with Crippen molar-refractivity contribution in [1.29, 1.82) is 0 Å². The van der Waals surface area contributed by atoms with Crippen LogP contribution in [0.15, 0.2) is 30.5 Å². The number of aromatic nitrogens is 3. The molecule has 2 aromatic heterocycles. The Morgan fingerprint density at radius 3 is 2.45 bits per heavy atom. The Hall–Kier alpha value is -3.84. The fourth-order valence-corrected chi connectivity index (χ4v) is 7.07. The molecule has 252 valence electrons. The van der Waals surface area contributed by atoms with E-state index in [4.69, 9.17) is 9.97 Å². The van der Waals surface area contributed by atoms with Crippen molar-refractivity contribution in [3.8, 4) is 17.0 Å². The quantitative estimate of drug-likeness (QED) is 0.182. The van der Waals surface area contributed by atoms with Crippen LogP contribution in [-0.4, -0.2) is 101 Å². The summed E-state index contributed by atoms with van der Waals surface area (Å²) in [4.78, 5) is 22.7. The normalized spacial score (nSPS) is 17.9. The van der Waals surface area contributed by atoms with Crippen LogP contribution >= 0.6 is 0 Å². The first-order valence-corrected chi connectivity index (χ1v) is 16.3. The van der Waals surface area contributed by atoms with Gasteiger partial charge in [0.1, 0.15) is 11.6 Å². The highest BCUT2D eigenvalue weighted by Crippen LogP contribution is 2.42. The SMILES string of the molecule is CCC1CN(c2nc(N3CC(N(CC)CC)C3)nc3c(C(F)F)c(-c4cc(O)cc5ccc(F)c(F)c45)ncc23)CCN1CCCF. The molecular weight excluding hydrogens is 617 g/mol. The first-order valence-electron chi connectivity index (χ1n) is 16.3. The molecule has 0 spiro atoms. The van der Waals surface area contributed by atoms with Crippen molar-refractivity contribution in [3.63, 3.8) is 0 Å². The second kappa shape index (κ2) is 13.7. The topological polar surface area (TPSA) is 71.9 Å². The minimum Gasteiger partial charge on any atom is -0.508 e. The number of piperazine rings is 1. The number of phenolic OH excluding ortho intramolecular Hbond substituents is 1. The third-order valence-electron chi connectivity index (χ3n) is 9.64. The minimum atomic E-state index is -3.09. The average Bonchev–Trinajstić information content (AvgIpc) is 3.05. The van der Waals surface area contributed by atoms with Crippen molar-refractivity contribution in [1.82, 2.24) is 24.8 Å². The van der Waals surface area contributed by atoms with Gasteiger partial charge in [0.05, 0.1) is 28.8 Å². The Balaban J connectivity index is 1.53. The number of rotatable bonds is 11. The number of benzene rings is 2. The van der Waals surface area contributed by atoms with Gasteiger partial charge in [0, 0.05) is 68.5 Å². The summed E-state index contributed by atoms with van der Waals surface area (Å²) in [5.41, 5.74) is -1.02. The number of halogens is 5. The van der Waals surface area contributed by atoms with Gasteiger partial charge in [-0.1, -0.05) is 26.8 Å². The molecule has 0 aliphatic carbocycles. The van der Waals surface area contributed by atoms with Crippen LogP contribution in [0.1, 0.15) is 45.6 Å². The lowest BCUT2D eigenvalue weighted by molar-refractivity contribution is 0.153. The number of hydrogen-bond donors (Lipinski definition) is 1. The highest BCUT2D eigenvalue weighted by atomic mass is 19.3. The van der Waals surface area contributed by atoms with Gasteiger partial charge in [-0.3, -0.25) is 19.2 Å². The third-order valence-corrected chi connectivity index (χ3v) is 9.64. The predicted octanol–water partition coefficient (Wildman–Crippen LogP) is 6.56. The largest absolute Gasteiger partial charge is 0.508 e. The Morgan fingerprint density at radius 2 is 1.77 bits per heavy atom. The summed E-state index contributed by atoms with van der Waals surface area (Å²) < 4.78 is 73.2. The van der Waals surface area contributed by atoms with Gasteiger partial charge in [0.15, 0.2) is 11.6 Å². The Morgan fingerprint density at radius 1 is 1.00 bits per heavy atom. The summed E-state index contributed by atoms with van der Waals surface area (Å²) in [7, 11) is 0. The molecule has 1 atom stereocenters. The van der Waals surface area contributed by atoms with Crippen LogP contribution in [0, 0.1) is 11.6 Å². The smallest absolute Gasteiger partial charge is 0.268 e. The first kappa shape index (κ1) is 33.1. The van der Waals surface area contributed by atoms with E-state index in [1.54, 1.807) is 0 Å². The second-order valence-corrected chi connectivity index (χ2v) is 12.3. The number of aromatic hydroxyl groups is 1. The number of anilines is 2. The maximum absolute atomic E-state index is 15.3. The molecule has 0 bridgehead atoms. The maximum atomic E-state index is 15.3. The molecular formula is C34H40F5N7O. The van der Waals surface area contributed by atoms with Crippen LogP contribution in [0.25, 0.3) is 32.9 Å². The van der Waals surface area contributed by atoms with Crippen molar-refractivity contribution in [2.24, 2.45) is 0 Å².